The predicted octanol–water partition coefficient (Wildman–Crippen LogP) is -0.199. The number of nitrogens with two attached hydrogens (primary N) is 1. The molecule has 2 amide bonds. The van der Waals surface area contributed by atoms with Crippen LogP contribution in [0, 0.1) is 0 Å². The standard InChI is InChI=1S/C9H16N2O4/c1-8(2)9(3,14)11(7(13)15-8)5-4-6(10)12/h14H,4-5H2,1-3H3,(H2,10,12)/t9-/m0/s1. The Morgan fingerprint density at radius 3 is 2.40 bits per heavy atom. The Hall–Kier alpha value is -1.30. The zero-order chi connectivity index (χ0) is 11.9. The van der Waals surface area contributed by atoms with Crippen LogP contribution in [-0.4, -0.2) is 39.9 Å². The molecule has 6 heteroatoms. The summed E-state index contributed by atoms with van der Waals surface area (Å²) in [5.41, 5.74) is 2.54. The van der Waals surface area contributed by atoms with Gasteiger partial charge < -0.3 is 15.6 Å². The van der Waals surface area contributed by atoms with E-state index in [1.54, 1.807) is 13.8 Å². The van der Waals surface area contributed by atoms with E-state index in [1.165, 1.54) is 6.92 Å². The summed E-state index contributed by atoms with van der Waals surface area (Å²) >= 11 is 0. The van der Waals surface area contributed by atoms with Gasteiger partial charge in [-0.3, -0.25) is 9.69 Å². The van der Waals surface area contributed by atoms with Crippen LogP contribution in [0.15, 0.2) is 0 Å². The lowest BCUT2D eigenvalue weighted by molar-refractivity contribution is -0.131. The summed E-state index contributed by atoms with van der Waals surface area (Å²) in [7, 11) is 0. The van der Waals surface area contributed by atoms with E-state index in [9.17, 15) is 14.7 Å². The number of hydrogen-bond acceptors (Lipinski definition) is 4. The van der Waals surface area contributed by atoms with Crippen LogP contribution in [0.2, 0.25) is 0 Å². The maximum Gasteiger partial charge on any atom is 0.412 e. The van der Waals surface area contributed by atoms with Gasteiger partial charge in [-0.25, -0.2) is 4.79 Å². The molecule has 1 aliphatic heterocycles. The number of nitrogens with zero attached hydrogens (tertiary/aromatic N) is 1. The van der Waals surface area contributed by atoms with E-state index in [1.807, 2.05) is 0 Å². The van der Waals surface area contributed by atoms with Crippen molar-refractivity contribution >= 4 is 12.0 Å². The van der Waals surface area contributed by atoms with Gasteiger partial charge in [0.05, 0.1) is 0 Å². The van der Waals surface area contributed by atoms with Crippen molar-refractivity contribution in [3.05, 3.63) is 0 Å². The summed E-state index contributed by atoms with van der Waals surface area (Å²) in [5, 5.41) is 10.1. The normalized spacial score (nSPS) is 29.1. The molecular weight excluding hydrogens is 200 g/mol. The second kappa shape index (κ2) is 3.37. The molecule has 0 radical (unpaired) electrons. The van der Waals surface area contributed by atoms with Gasteiger partial charge >= 0.3 is 6.09 Å². The van der Waals surface area contributed by atoms with Gasteiger partial charge in [0.15, 0.2) is 11.3 Å². The SMILES string of the molecule is CC1(C)OC(=O)N(CCC(N)=O)[C@@]1(C)O. The van der Waals surface area contributed by atoms with Crippen LogP contribution in [-0.2, 0) is 9.53 Å². The van der Waals surface area contributed by atoms with Gasteiger partial charge in [0, 0.05) is 13.0 Å². The highest BCUT2D eigenvalue weighted by Crippen LogP contribution is 2.36. The van der Waals surface area contributed by atoms with Gasteiger partial charge in [0.2, 0.25) is 5.91 Å². The maximum absolute atomic E-state index is 11.4. The fourth-order valence-corrected chi connectivity index (χ4v) is 1.40. The van der Waals surface area contributed by atoms with Crippen LogP contribution >= 0.6 is 0 Å². The Morgan fingerprint density at radius 2 is 2.07 bits per heavy atom. The Morgan fingerprint density at radius 1 is 1.53 bits per heavy atom. The van der Waals surface area contributed by atoms with Crippen molar-refractivity contribution in [3.63, 3.8) is 0 Å². The molecule has 0 aromatic carbocycles. The molecule has 1 aliphatic rings. The van der Waals surface area contributed by atoms with Gasteiger partial charge in [-0.2, -0.15) is 0 Å². The van der Waals surface area contributed by atoms with Crippen LogP contribution in [0.25, 0.3) is 0 Å². The molecule has 1 saturated heterocycles. The van der Waals surface area contributed by atoms with Crippen molar-refractivity contribution < 1.29 is 19.4 Å². The van der Waals surface area contributed by atoms with Gasteiger partial charge in [0.25, 0.3) is 0 Å². The third kappa shape index (κ3) is 1.90. The molecule has 0 unspecified atom stereocenters. The Balaban J connectivity index is 2.80. The smallest absolute Gasteiger partial charge is 0.412 e. The highest BCUT2D eigenvalue weighted by molar-refractivity contribution is 5.76. The minimum absolute atomic E-state index is 0.00132. The summed E-state index contributed by atoms with van der Waals surface area (Å²) in [6, 6.07) is 0. The summed E-state index contributed by atoms with van der Waals surface area (Å²) in [6.45, 7) is 4.74. The second-order valence-corrected chi connectivity index (χ2v) is 4.27. The number of rotatable bonds is 3. The van der Waals surface area contributed by atoms with E-state index in [2.05, 4.69) is 0 Å². The van der Waals surface area contributed by atoms with E-state index >= 15 is 0 Å². The van der Waals surface area contributed by atoms with Crippen LogP contribution in [0.1, 0.15) is 27.2 Å². The number of ether oxygens (including phenoxy) is 1. The summed E-state index contributed by atoms with van der Waals surface area (Å²) < 4.78 is 4.99. The first-order chi connectivity index (χ1) is 6.68. The van der Waals surface area contributed by atoms with Crippen molar-refractivity contribution in [1.29, 1.82) is 0 Å². The predicted molar refractivity (Wildman–Crippen MR) is 51.7 cm³/mol. The molecule has 1 rings (SSSR count). The van der Waals surface area contributed by atoms with Crippen molar-refractivity contribution in [2.75, 3.05) is 6.54 Å². The van der Waals surface area contributed by atoms with Crippen LogP contribution in [0.5, 0.6) is 0 Å². The second-order valence-electron chi connectivity index (χ2n) is 4.27. The number of cyclic esters (lactones) is 1. The fourth-order valence-electron chi connectivity index (χ4n) is 1.40. The number of carbonyl (C=O) groups is 2. The topological polar surface area (TPSA) is 92.9 Å². The molecule has 0 aliphatic carbocycles. The number of hydrogen-bond donors (Lipinski definition) is 2. The van der Waals surface area contributed by atoms with Crippen molar-refractivity contribution in [3.8, 4) is 0 Å². The van der Waals surface area contributed by atoms with Crippen molar-refractivity contribution in [1.82, 2.24) is 4.90 Å². The average Bonchev–Trinajstić information content (AvgIpc) is 2.15. The molecule has 0 aromatic heterocycles. The zero-order valence-corrected chi connectivity index (χ0v) is 9.11. The molecule has 86 valence electrons. The molecule has 0 aromatic rings. The third-order valence-corrected chi connectivity index (χ3v) is 2.81. The third-order valence-electron chi connectivity index (χ3n) is 2.81. The molecule has 0 spiro atoms. The maximum atomic E-state index is 11.4. The molecule has 15 heavy (non-hydrogen) atoms. The van der Waals surface area contributed by atoms with E-state index in [0.29, 0.717) is 0 Å². The van der Waals surface area contributed by atoms with Crippen molar-refractivity contribution in [2.45, 2.75) is 38.5 Å². The highest BCUT2D eigenvalue weighted by Gasteiger charge is 2.56. The number of aliphatic hydroxyl groups is 1. The molecule has 6 nitrogen and oxygen atoms in total. The summed E-state index contributed by atoms with van der Waals surface area (Å²) in [6.07, 6.45) is -0.632. The van der Waals surface area contributed by atoms with E-state index < -0.39 is 23.3 Å². The Kier molecular flexibility index (Phi) is 2.65. The molecule has 1 heterocycles. The van der Waals surface area contributed by atoms with Gasteiger partial charge in [-0.1, -0.05) is 0 Å². The van der Waals surface area contributed by atoms with Crippen molar-refractivity contribution in [2.24, 2.45) is 5.73 Å². The summed E-state index contributed by atoms with van der Waals surface area (Å²) in [4.78, 5) is 23.1. The average molecular weight is 216 g/mol. The molecule has 1 fully saturated rings. The van der Waals surface area contributed by atoms with E-state index in [-0.39, 0.29) is 13.0 Å². The van der Waals surface area contributed by atoms with Crippen LogP contribution in [0.3, 0.4) is 0 Å². The van der Waals surface area contributed by atoms with Gasteiger partial charge in [-0.15, -0.1) is 0 Å². The van der Waals surface area contributed by atoms with Gasteiger partial charge in [-0.05, 0) is 20.8 Å². The van der Waals surface area contributed by atoms with E-state index in [4.69, 9.17) is 10.5 Å². The van der Waals surface area contributed by atoms with Gasteiger partial charge in [0.1, 0.15) is 0 Å². The first kappa shape index (κ1) is 11.8. The quantitative estimate of drug-likeness (QED) is 0.683. The Bertz CT molecular complexity index is 298. The lowest BCUT2D eigenvalue weighted by atomic mass is 9.96. The van der Waals surface area contributed by atoms with E-state index in [0.717, 1.165) is 4.90 Å². The van der Waals surface area contributed by atoms with Crippen LogP contribution < -0.4 is 5.73 Å². The zero-order valence-electron chi connectivity index (χ0n) is 9.11. The minimum Gasteiger partial charge on any atom is -0.438 e. The first-order valence-electron chi connectivity index (χ1n) is 4.70. The minimum atomic E-state index is -1.43. The lowest BCUT2D eigenvalue weighted by Gasteiger charge is -2.34. The molecule has 3 N–H and O–H groups in total. The Labute approximate surface area is 88.0 Å². The largest absolute Gasteiger partial charge is 0.438 e. The molecule has 0 saturated carbocycles. The highest BCUT2D eigenvalue weighted by atomic mass is 16.6. The van der Waals surface area contributed by atoms with Crippen LogP contribution in [0.4, 0.5) is 4.79 Å². The fraction of sp³-hybridized carbons (Fsp3) is 0.778. The number of primary amides is 1. The molecule has 1 atom stereocenters. The molecular formula is C9H16N2O4. The summed E-state index contributed by atoms with van der Waals surface area (Å²) in [5.74, 6) is -0.525. The molecule has 0 bridgehead atoms. The number of carbonyl (C=O) groups excluding carboxylic acids is 2. The first-order valence-corrected chi connectivity index (χ1v) is 4.70. The lowest BCUT2D eigenvalue weighted by Crippen LogP contribution is -2.54. The number of amides is 2. The monoisotopic (exact) mass is 216 g/mol.